The average molecular weight is 463 g/mol. The quantitative estimate of drug-likeness (QED) is 0.504. The van der Waals surface area contributed by atoms with Gasteiger partial charge in [0.15, 0.2) is 0 Å². The standard InChI is InChI=1S/C26H30N4O4/c1-15-8-17-10-29(12-25(32)22-7-4-18(27-3)9-28-22)11-23(17)30(15)13-24(31)19-5-6-20-21(16(19)2)14-34-26(20)33/h4-7,9,15,17,23-25,31-32H,8,10-14H2,1-2H3/t15?,17?,23?,24-,25?/m0/s1. The van der Waals surface area contributed by atoms with E-state index < -0.39 is 12.2 Å². The number of β-amino-alcohol motifs (C(OH)–C–C–N with tert-alkyl or cyclic N) is 2. The van der Waals surface area contributed by atoms with Crippen LogP contribution >= 0.6 is 0 Å². The summed E-state index contributed by atoms with van der Waals surface area (Å²) in [5.41, 5.74) is 4.32. The Kier molecular flexibility index (Phi) is 6.13. The normalized spacial score (nSPS) is 26.1. The number of hydrogen-bond donors (Lipinski definition) is 2. The maximum Gasteiger partial charge on any atom is 0.338 e. The second-order valence-corrected chi connectivity index (χ2v) is 9.79. The van der Waals surface area contributed by atoms with Gasteiger partial charge in [-0.25, -0.2) is 9.64 Å². The summed E-state index contributed by atoms with van der Waals surface area (Å²) in [4.78, 5) is 24.1. The summed E-state index contributed by atoms with van der Waals surface area (Å²) < 4.78 is 5.16. The molecule has 1 aromatic carbocycles. The van der Waals surface area contributed by atoms with E-state index in [0.717, 1.165) is 36.2 Å². The molecule has 5 rings (SSSR count). The van der Waals surface area contributed by atoms with Crippen LogP contribution in [0.15, 0.2) is 30.5 Å². The van der Waals surface area contributed by atoms with Crippen LogP contribution in [0.3, 0.4) is 0 Å². The molecule has 3 aliphatic heterocycles. The lowest BCUT2D eigenvalue weighted by atomic mass is 9.95. The highest BCUT2D eigenvalue weighted by atomic mass is 16.5. The molecule has 3 aliphatic rings. The Balaban J connectivity index is 1.24. The third-order valence-electron chi connectivity index (χ3n) is 7.74. The van der Waals surface area contributed by atoms with Gasteiger partial charge >= 0.3 is 5.97 Å². The Morgan fingerprint density at radius 2 is 2.03 bits per heavy atom. The monoisotopic (exact) mass is 462 g/mol. The van der Waals surface area contributed by atoms with Gasteiger partial charge in [-0.15, -0.1) is 0 Å². The van der Waals surface area contributed by atoms with Crippen molar-refractivity contribution in [1.29, 1.82) is 0 Å². The minimum absolute atomic E-state index is 0.276. The minimum atomic E-state index is -0.700. The van der Waals surface area contributed by atoms with E-state index >= 15 is 0 Å². The molecule has 0 saturated carbocycles. The van der Waals surface area contributed by atoms with Crippen molar-refractivity contribution in [3.63, 3.8) is 0 Å². The van der Waals surface area contributed by atoms with E-state index in [-0.39, 0.29) is 12.6 Å². The number of benzene rings is 1. The van der Waals surface area contributed by atoms with Gasteiger partial charge in [0.1, 0.15) is 12.7 Å². The number of carbonyl (C=O) groups excluding carboxylic acids is 1. The molecule has 2 N–H and O–H groups in total. The summed E-state index contributed by atoms with van der Waals surface area (Å²) in [5.74, 6) is 0.208. The van der Waals surface area contributed by atoms with Crippen molar-refractivity contribution in [2.75, 3.05) is 26.2 Å². The summed E-state index contributed by atoms with van der Waals surface area (Å²) in [6, 6.07) is 7.73. The molecule has 0 bridgehead atoms. The van der Waals surface area contributed by atoms with Crippen molar-refractivity contribution in [2.24, 2.45) is 5.92 Å². The SMILES string of the molecule is [C-]#[N+]c1ccc(C(O)CN2CC3CC(C)N(C[C@H](O)c4ccc5c(c4C)COC5=O)C3C2)nc1. The van der Waals surface area contributed by atoms with Crippen LogP contribution in [-0.2, 0) is 11.3 Å². The van der Waals surface area contributed by atoms with Gasteiger partial charge in [-0.3, -0.25) is 14.8 Å². The number of aliphatic hydroxyl groups excluding tert-OH is 2. The van der Waals surface area contributed by atoms with E-state index in [2.05, 4.69) is 26.6 Å². The first kappa shape index (κ1) is 22.9. The number of esters is 1. The van der Waals surface area contributed by atoms with E-state index in [0.29, 0.717) is 48.0 Å². The number of cyclic esters (lactones) is 1. The van der Waals surface area contributed by atoms with Gasteiger partial charge < -0.3 is 14.9 Å². The number of aromatic nitrogens is 1. The molecule has 4 heterocycles. The van der Waals surface area contributed by atoms with Crippen molar-refractivity contribution in [1.82, 2.24) is 14.8 Å². The van der Waals surface area contributed by atoms with Crippen molar-refractivity contribution >= 4 is 11.7 Å². The van der Waals surface area contributed by atoms with Crippen LogP contribution in [0.2, 0.25) is 0 Å². The number of likely N-dealkylation sites (tertiary alicyclic amines) is 2. The van der Waals surface area contributed by atoms with E-state index in [1.54, 1.807) is 18.2 Å². The van der Waals surface area contributed by atoms with Gasteiger partial charge in [0, 0.05) is 50.0 Å². The van der Waals surface area contributed by atoms with Crippen LogP contribution in [0.4, 0.5) is 5.69 Å². The summed E-state index contributed by atoms with van der Waals surface area (Å²) in [6.45, 7) is 14.3. The van der Waals surface area contributed by atoms with Gasteiger partial charge in [0.05, 0.1) is 23.9 Å². The molecule has 178 valence electrons. The maximum atomic E-state index is 11.8. The molecule has 4 unspecified atom stereocenters. The Morgan fingerprint density at radius 1 is 1.21 bits per heavy atom. The molecular weight excluding hydrogens is 432 g/mol. The van der Waals surface area contributed by atoms with Crippen molar-refractivity contribution in [2.45, 2.75) is 51.2 Å². The van der Waals surface area contributed by atoms with Gasteiger partial charge in [-0.05, 0) is 49.4 Å². The third kappa shape index (κ3) is 4.10. The second kappa shape index (κ2) is 9.08. The van der Waals surface area contributed by atoms with Crippen molar-refractivity contribution < 1.29 is 19.7 Å². The molecule has 1 aromatic heterocycles. The zero-order chi connectivity index (χ0) is 24.0. The first-order valence-corrected chi connectivity index (χ1v) is 11.8. The lowest BCUT2D eigenvalue weighted by Crippen LogP contribution is -2.42. The maximum absolute atomic E-state index is 11.8. The Labute approximate surface area is 199 Å². The average Bonchev–Trinajstić information content (AvgIpc) is 3.48. The fourth-order valence-corrected chi connectivity index (χ4v) is 5.94. The van der Waals surface area contributed by atoms with Gasteiger partial charge in [-0.2, -0.15) is 0 Å². The molecule has 8 heteroatoms. The first-order valence-electron chi connectivity index (χ1n) is 11.8. The first-order chi connectivity index (χ1) is 16.4. The molecule has 0 radical (unpaired) electrons. The van der Waals surface area contributed by atoms with Crippen molar-refractivity contribution in [3.05, 3.63) is 69.8 Å². The predicted molar refractivity (Wildman–Crippen MR) is 125 cm³/mol. The predicted octanol–water partition coefficient (Wildman–Crippen LogP) is 2.77. The van der Waals surface area contributed by atoms with Crippen LogP contribution in [-0.4, -0.2) is 69.2 Å². The van der Waals surface area contributed by atoms with Crippen LogP contribution in [0, 0.1) is 19.4 Å². The lowest BCUT2D eigenvalue weighted by molar-refractivity contribution is 0.0534. The molecule has 2 saturated heterocycles. The number of hydrogen-bond acceptors (Lipinski definition) is 7. The number of pyridine rings is 1. The molecule has 2 fully saturated rings. The highest BCUT2D eigenvalue weighted by Gasteiger charge is 2.45. The Morgan fingerprint density at radius 3 is 2.76 bits per heavy atom. The molecule has 0 spiro atoms. The minimum Gasteiger partial charge on any atom is -0.457 e. The largest absolute Gasteiger partial charge is 0.457 e. The van der Waals surface area contributed by atoms with Crippen LogP contribution < -0.4 is 0 Å². The zero-order valence-corrected chi connectivity index (χ0v) is 19.5. The molecule has 0 aliphatic carbocycles. The fraction of sp³-hybridized carbons (Fsp3) is 0.500. The second-order valence-electron chi connectivity index (χ2n) is 9.79. The molecule has 0 amide bonds. The van der Waals surface area contributed by atoms with E-state index in [1.807, 2.05) is 13.0 Å². The molecule has 34 heavy (non-hydrogen) atoms. The third-order valence-corrected chi connectivity index (χ3v) is 7.74. The number of fused-ring (bicyclic) bond motifs is 2. The number of aliphatic hydroxyl groups is 2. The Hall–Kier alpha value is -2.83. The number of carbonyl (C=O) groups is 1. The topological polar surface area (TPSA) is 90.5 Å². The van der Waals surface area contributed by atoms with E-state index in [9.17, 15) is 15.0 Å². The van der Waals surface area contributed by atoms with Crippen LogP contribution in [0.25, 0.3) is 4.85 Å². The van der Waals surface area contributed by atoms with Gasteiger partial charge in [0.2, 0.25) is 5.69 Å². The summed E-state index contributed by atoms with van der Waals surface area (Å²) >= 11 is 0. The summed E-state index contributed by atoms with van der Waals surface area (Å²) in [7, 11) is 0. The number of rotatable bonds is 6. The lowest BCUT2D eigenvalue weighted by Gasteiger charge is -2.31. The van der Waals surface area contributed by atoms with Crippen molar-refractivity contribution in [3.8, 4) is 0 Å². The zero-order valence-electron chi connectivity index (χ0n) is 19.5. The van der Waals surface area contributed by atoms with Gasteiger partial charge in [-0.1, -0.05) is 12.1 Å². The number of nitrogens with zero attached hydrogens (tertiary/aromatic N) is 4. The summed E-state index contributed by atoms with van der Waals surface area (Å²) in [6.07, 6.45) is 1.21. The molecule has 5 atom stereocenters. The van der Waals surface area contributed by atoms with Crippen LogP contribution in [0.5, 0.6) is 0 Å². The molecular formula is C26H30N4O4. The smallest absolute Gasteiger partial charge is 0.338 e. The summed E-state index contributed by atoms with van der Waals surface area (Å²) in [5, 5.41) is 21.8. The van der Waals surface area contributed by atoms with Gasteiger partial charge in [0.25, 0.3) is 0 Å². The highest BCUT2D eigenvalue weighted by Crippen LogP contribution is 2.38. The van der Waals surface area contributed by atoms with E-state index in [1.165, 1.54) is 6.20 Å². The van der Waals surface area contributed by atoms with Crippen LogP contribution in [0.1, 0.15) is 58.3 Å². The molecule has 8 nitrogen and oxygen atoms in total. The highest BCUT2D eigenvalue weighted by molar-refractivity contribution is 5.93. The Bertz CT molecular complexity index is 1130. The number of ether oxygens (including phenoxy) is 1. The molecule has 2 aromatic rings. The fourth-order valence-electron chi connectivity index (χ4n) is 5.94. The van der Waals surface area contributed by atoms with E-state index in [4.69, 9.17) is 11.3 Å².